The molecule has 1 heterocycles. The van der Waals surface area contributed by atoms with Crippen LogP contribution in [-0.2, 0) is 0 Å². The van der Waals surface area contributed by atoms with E-state index in [1.165, 1.54) is 6.54 Å². The predicted octanol–water partition coefficient (Wildman–Crippen LogP) is 1.08. The third-order valence-corrected chi connectivity index (χ3v) is 2.36. The largest absolute Gasteiger partial charge is 0.314 e. The molecule has 0 bridgehead atoms. The summed E-state index contributed by atoms with van der Waals surface area (Å²) in [5, 5.41) is 3.39. The van der Waals surface area contributed by atoms with E-state index in [1.54, 1.807) is 0 Å². The average molecular weight is 156 g/mol. The van der Waals surface area contributed by atoms with Crippen molar-refractivity contribution >= 4 is 0 Å². The molecule has 0 unspecified atom stereocenters. The molecule has 0 radical (unpaired) electrons. The average Bonchev–Trinajstić information content (AvgIpc) is 1.86. The van der Waals surface area contributed by atoms with Crippen molar-refractivity contribution < 1.29 is 0 Å². The van der Waals surface area contributed by atoms with Crippen LogP contribution in [0.3, 0.4) is 0 Å². The van der Waals surface area contributed by atoms with Crippen molar-refractivity contribution in [3.8, 4) is 0 Å². The Morgan fingerprint density at radius 1 is 1.36 bits per heavy atom. The van der Waals surface area contributed by atoms with Crippen molar-refractivity contribution in [1.29, 1.82) is 0 Å². The second-order valence-corrected chi connectivity index (χ2v) is 4.42. The quantitative estimate of drug-likeness (QED) is 0.564. The Balaban J connectivity index is 2.55. The molecule has 0 aromatic rings. The Kier molecular flexibility index (Phi) is 2.55. The molecule has 0 spiro atoms. The van der Waals surface area contributed by atoms with Gasteiger partial charge in [0.2, 0.25) is 0 Å². The van der Waals surface area contributed by atoms with Gasteiger partial charge in [-0.15, -0.1) is 0 Å². The first-order chi connectivity index (χ1) is 5.02. The van der Waals surface area contributed by atoms with Crippen LogP contribution < -0.4 is 5.32 Å². The molecule has 1 atom stereocenters. The molecule has 0 aromatic carbocycles. The minimum absolute atomic E-state index is 0.335. The van der Waals surface area contributed by atoms with E-state index < -0.39 is 0 Å². The van der Waals surface area contributed by atoms with Gasteiger partial charge < -0.3 is 5.32 Å². The molecule has 66 valence electrons. The molecule has 0 amide bonds. The Hall–Kier alpha value is -0.0800. The maximum Gasteiger partial charge on any atom is 0.0198 e. The van der Waals surface area contributed by atoms with Crippen LogP contribution in [0.1, 0.15) is 27.7 Å². The molecule has 0 aromatic heterocycles. The molecule has 1 rings (SSSR count). The normalized spacial score (nSPS) is 28.9. The highest BCUT2D eigenvalue weighted by Gasteiger charge is 2.27. The summed E-state index contributed by atoms with van der Waals surface area (Å²) >= 11 is 0. The standard InChI is InChI=1S/C9H20N2/c1-8-7-10-5-6-11(8)9(2,3)4/h8,10H,5-7H2,1-4H3/t8-/m1/s1. The summed E-state index contributed by atoms with van der Waals surface area (Å²) < 4.78 is 0. The lowest BCUT2D eigenvalue weighted by atomic mass is 10.0. The van der Waals surface area contributed by atoms with Crippen LogP contribution >= 0.6 is 0 Å². The molecule has 0 saturated carbocycles. The predicted molar refractivity (Wildman–Crippen MR) is 48.8 cm³/mol. The molecule has 1 N–H and O–H groups in total. The van der Waals surface area contributed by atoms with Crippen molar-refractivity contribution in [2.75, 3.05) is 19.6 Å². The van der Waals surface area contributed by atoms with Gasteiger partial charge in [0, 0.05) is 31.2 Å². The lowest BCUT2D eigenvalue weighted by Gasteiger charge is -2.43. The summed E-state index contributed by atoms with van der Waals surface area (Å²) in [7, 11) is 0. The second-order valence-electron chi connectivity index (χ2n) is 4.42. The fourth-order valence-electron chi connectivity index (χ4n) is 1.84. The zero-order valence-electron chi connectivity index (χ0n) is 8.15. The molecule has 2 nitrogen and oxygen atoms in total. The Morgan fingerprint density at radius 3 is 2.36 bits per heavy atom. The highest BCUT2D eigenvalue weighted by atomic mass is 15.3. The van der Waals surface area contributed by atoms with Gasteiger partial charge in [-0.1, -0.05) is 0 Å². The summed E-state index contributed by atoms with van der Waals surface area (Å²) in [5.74, 6) is 0. The molecular formula is C9H20N2. The number of nitrogens with one attached hydrogen (secondary N) is 1. The van der Waals surface area contributed by atoms with E-state index in [1.807, 2.05) is 0 Å². The maximum absolute atomic E-state index is 3.39. The van der Waals surface area contributed by atoms with Crippen LogP contribution in [0.25, 0.3) is 0 Å². The lowest BCUT2D eigenvalue weighted by Crippen LogP contribution is -2.56. The van der Waals surface area contributed by atoms with Crippen LogP contribution in [0.2, 0.25) is 0 Å². The molecule has 2 heteroatoms. The number of piperazine rings is 1. The van der Waals surface area contributed by atoms with Gasteiger partial charge in [0.05, 0.1) is 0 Å². The number of nitrogens with zero attached hydrogens (tertiary/aromatic N) is 1. The van der Waals surface area contributed by atoms with E-state index >= 15 is 0 Å². The Bertz CT molecular complexity index is 126. The van der Waals surface area contributed by atoms with Gasteiger partial charge in [0.25, 0.3) is 0 Å². The molecule has 1 saturated heterocycles. The summed E-state index contributed by atoms with van der Waals surface area (Å²) in [6, 6.07) is 0.684. The topological polar surface area (TPSA) is 15.3 Å². The van der Waals surface area contributed by atoms with Crippen LogP contribution in [0.15, 0.2) is 0 Å². The van der Waals surface area contributed by atoms with Crippen molar-refractivity contribution in [3.63, 3.8) is 0 Å². The van der Waals surface area contributed by atoms with Gasteiger partial charge in [0.1, 0.15) is 0 Å². The van der Waals surface area contributed by atoms with Gasteiger partial charge >= 0.3 is 0 Å². The highest BCUT2D eigenvalue weighted by Crippen LogP contribution is 2.17. The molecular weight excluding hydrogens is 136 g/mol. The Morgan fingerprint density at radius 2 is 2.00 bits per heavy atom. The molecule has 0 aliphatic carbocycles. The molecule has 1 aliphatic heterocycles. The monoisotopic (exact) mass is 156 g/mol. The van der Waals surface area contributed by atoms with E-state index in [0.29, 0.717) is 11.6 Å². The fraction of sp³-hybridized carbons (Fsp3) is 1.00. The highest BCUT2D eigenvalue weighted by molar-refractivity contribution is 4.85. The van der Waals surface area contributed by atoms with Crippen LogP contribution in [0.5, 0.6) is 0 Å². The van der Waals surface area contributed by atoms with Crippen LogP contribution in [-0.4, -0.2) is 36.1 Å². The van der Waals surface area contributed by atoms with Gasteiger partial charge in [0.15, 0.2) is 0 Å². The van der Waals surface area contributed by atoms with E-state index in [0.717, 1.165) is 13.1 Å². The third-order valence-electron chi connectivity index (χ3n) is 2.36. The van der Waals surface area contributed by atoms with Gasteiger partial charge in [-0.25, -0.2) is 0 Å². The van der Waals surface area contributed by atoms with E-state index in [4.69, 9.17) is 0 Å². The SMILES string of the molecule is C[C@@H]1CNCCN1C(C)(C)C. The van der Waals surface area contributed by atoms with E-state index in [-0.39, 0.29) is 0 Å². The van der Waals surface area contributed by atoms with Gasteiger partial charge in [-0.3, -0.25) is 4.90 Å². The number of rotatable bonds is 0. The number of hydrogen-bond donors (Lipinski definition) is 1. The smallest absolute Gasteiger partial charge is 0.0198 e. The first-order valence-electron chi connectivity index (χ1n) is 4.49. The van der Waals surface area contributed by atoms with Crippen LogP contribution in [0.4, 0.5) is 0 Å². The first-order valence-corrected chi connectivity index (χ1v) is 4.49. The third kappa shape index (κ3) is 2.17. The lowest BCUT2D eigenvalue weighted by molar-refractivity contribution is 0.0704. The minimum atomic E-state index is 0.335. The second kappa shape index (κ2) is 3.11. The summed E-state index contributed by atoms with van der Waals surface area (Å²) in [6.45, 7) is 12.6. The fourth-order valence-corrected chi connectivity index (χ4v) is 1.84. The van der Waals surface area contributed by atoms with E-state index in [9.17, 15) is 0 Å². The Labute approximate surface area is 70.0 Å². The first kappa shape index (κ1) is 9.01. The van der Waals surface area contributed by atoms with Gasteiger partial charge in [-0.05, 0) is 27.7 Å². The van der Waals surface area contributed by atoms with Crippen molar-refractivity contribution in [2.45, 2.75) is 39.3 Å². The summed E-state index contributed by atoms with van der Waals surface area (Å²) in [5.41, 5.74) is 0.335. The number of hydrogen-bond acceptors (Lipinski definition) is 2. The van der Waals surface area contributed by atoms with Crippen molar-refractivity contribution in [1.82, 2.24) is 10.2 Å². The van der Waals surface area contributed by atoms with Crippen LogP contribution in [0, 0.1) is 0 Å². The summed E-state index contributed by atoms with van der Waals surface area (Å²) in [4.78, 5) is 2.56. The molecule has 1 fully saturated rings. The van der Waals surface area contributed by atoms with Gasteiger partial charge in [-0.2, -0.15) is 0 Å². The maximum atomic E-state index is 3.39. The molecule has 1 aliphatic rings. The van der Waals surface area contributed by atoms with Crippen molar-refractivity contribution in [2.24, 2.45) is 0 Å². The zero-order chi connectivity index (χ0) is 8.48. The zero-order valence-corrected chi connectivity index (χ0v) is 8.15. The minimum Gasteiger partial charge on any atom is -0.314 e. The van der Waals surface area contributed by atoms with Crippen molar-refractivity contribution in [3.05, 3.63) is 0 Å². The molecule has 11 heavy (non-hydrogen) atoms. The summed E-state index contributed by atoms with van der Waals surface area (Å²) in [6.07, 6.45) is 0. The van der Waals surface area contributed by atoms with E-state index in [2.05, 4.69) is 37.9 Å².